The Morgan fingerprint density at radius 1 is 0.633 bits per heavy atom. The summed E-state index contributed by atoms with van der Waals surface area (Å²) < 4.78 is 0. The van der Waals surface area contributed by atoms with Crippen molar-refractivity contribution < 1.29 is 0 Å². The largest absolute Gasteiger partial charge is 0.0769 e. The lowest BCUT2D eigenvalue weighted by atomic mass is 9.32. The first-order chi connectivity index (χ1) is 13.9. The first-order valence-corrected chi connectivity index (χ1v) is 13.6. The number of allylic oxidation sites excluding steroid dienone is 2. The molecule has 30 heavy (non-hydrogen) atoms. The average Bonchev–Trinajstić information content (AvgIpc) is 2.99. The Kier molecular flexibility index (Phi) is 4.61. The number of rotatable bonds is 0. The van der Waals surface area contributed by atoms with Crippen LogP contribution in [0.5, 0.6) is 0 Å². The van der Waals surface area contributed by atoms with E-state index in [-0.39, 0.29) is 0 Å². The number of fused-ring (bicyclic) bond motifs is 7. The van der Waals surface area contributed by atoms with Crippen molar-refractivity contribution in [3.05, 3.63) is 11.1 Å². The summed E-state index contributed by atoms with van der Waals surface area (Å²) in [5.74, 6) is 3.74. The van der Waals surface area contributed by atoms with E-state index in [2.05, 4.69) is 55.4 Å². The van der Waals surface area contributed by atoms with Gasteiger partial charge in [0.15, 0.2) is 0 Å². The lowest BCUT2D eigenvalue weighted by Crippen LogP contribution is -2.65. The Labute approximate surface area is 188 Å². The van der Waals surface area contributed by atoms with Crippen LogP contribution < -0.4 is 0 Å². The molecule has 5 saturated carbocycles. The molecule has 0 amide bonds. The van der Waals surface area contributed by atoms with Gasteiger partial charge in [-0.25, -0.2) is 0 Å². The highest BCUT2D eigenvalue weighted by molar-refractivity contribution is 5.27. The maximum atomic E-state index is 2.80. The van der Waals surface area contributed by atoms with Gasteiger partial charge in [-0.2, -0.15) is 0 Å². The van der Waals surface area contributed by atoms with Gasteiger partial charge in [0.2, 0.25) is 0 Å². The van der Waals surface area contributed by atoms with Gasteiger partial charge in [0.25, 0.3) is 0 Å². The standard InChI is InChI=1S/C30H50/c1-20(2)21-12-17-27(5)22(21)13-18-29(7)24(27)10-11-25-28(6)16-9-15-26(3,4)23(28)14-19-30(25,29)8/h22-25H,9-19H2,1-8H3/t22-,23-,24-,25+,27-,28-,29+,30+/m0/s1. The van der Waals surface area contributed by atoms with Gasteiger partial charge in [-0.3, -0.25) is 0 Å². The molecule has 0 unspecified atom stereocenters. The predicted molar refractivity (Wildman–Crippen MR) is 129 cm³/mol. The summed E-state index contributed by atoms with van der Waals surface area (Å²) >= 11 is 0. The van der Waals surface area contributed by atoms with Crippen molar-refractivity contribution in [2.45, 2.75) is 126 Å². The van der Waals surface area contributed by atoms with Crippen molar-refractivity contribution in [2.75, 3.05) is 0 Å². The minimum Gasteiger partial charge on any atom is -0.0769 e. The molecule has 5 aliphatic rings. The zero-order valence-corrected chi connectivity index (χ0v) is 21.6. The molecule has 0 nitrogen and oxygen atoms in total. The SMILES string of the molecule is CC(C)=C1CC[C@@]2(C)[C@H]1CC[C@]1(C)[C@H]2CC[C@@H]2[C@@]3(C)CCCC(C)(C)[C@@H]3CC[C@]21C. The van der Waals surface area contributed by atoms with Crippen LogP contribution in [0.3, 0.4) is 0 Å². The third kappa shape index (κ3) is 2.46. The molecule has 0 heterocycles. The molecular weight excluding hydrogens is 360 g/mol. The van der Waals surface area contributed by atoms with E-state index in [0.29, 0.717) is 27.1 Å². The Hall–Kier alpha value is -0.260. The molecule has 5 aliphatic carbocycles. The smallest absolute Gasteiger partial charge is 0.0144 e. The van der Waals surface area contributed by atoms with Crippen LogP contribution in [0.4, 0.5) is 0 Å². The second-order valence-corrected chi connectivity index (χ2v) is 14.6. The molecule has 170 valence electrons. The van der Waals surface area contributed by atoms with Gasteiger partial charge in [-0.15, -0.1) is 0 Å². The van der Waals surface area contributed by atoms with E-state index in [1.165, 1.54) is 70.6 Å². The molecule has 0 radical (unpaired) electrons. The molecule has 0 heteroatoms. The lowest BCUT2D eigenvalue weighted by molar-refractivity contribution is -0.238. The summed E-state index contributed by atoms with van der Waals surface area (Å²) in [7, 11) is 0. The fourth-order valence-corrected chi connectivity index (χ4v) is 11.7. The van der Waals surface area contributed by atoms with Crippen molar-refractivity contribution in [2.24, 2.45) is 50.7 Å². The topological polar surface area (TPSA) is 0 Å². The zero-order valence-electron chi connectivity index (χ0n) is 21.6. The molecule has 8 atom stereocenters. The fraction of sp³-hybridized carbons (Fsp3) is 0.933. The van der Waals surface area contributed by atoms with Crippen LogP contribution in [0.1, 0.15) is 126 Å². The summed E-state index contributed by atoms with van der Waals surface area (Å²) in [6.45, 7) is 21.1. The van der Waals surface area contributed by atoms with E-state index in [4.69, 9.17) is 0 Å². The minimum atomic E-state index is 0.549. The average molecular weight is 411 g/mol. The Balaban J connectivity index is 1.54. The van der Waals surface area contributed by atoms with Crippen molar-refractivity contribution in [1.29, 1.82) is 0 Å². The van der Waals surface area contributed by atoms with E-state index in [1.807, 2.05) is 5.57 Å². The molecule has 5 fully saturated rings. The highest BCUT2D eigenvalue weighted by Gasteiger charge is 2.69. The molecule has 0 saturated heterocycles. The lowest BCUT2D eigenvalue weighted by Gasteiger charge is -2.73. The van der Waals surface area contributed by atoms with Gasteiger partial charge < -0.3 is 0 Å². The molecule has 0 aromatic rings. The maximum absolute atomic E-state index is 2.80. The molecule has 0 N–H and O–H groups in total. The third-order valence-corrected chi connectivity index (χ3v) is 13.2. The Morgan fingerprint density at radius 3 is 1.87 bits per heavy atom. The monoisotopic (exact) mass is 410 g/mol. The minimum absolute atomic E-state index is 0.549. The van der Waals surface area contributed by atoms with Gasteiger partial charge in [0, 0.05) is 0 Å². The van der Waals surface area contributed by atoms with E-state index >= 15 is 0 Å². The molecule has 5 rings (SSSR count). The Morgan fingerprint density at radius 2 is 1.23 bits per heavy atom. The first kappa shape index (κ1) is 21.6. The molecule has 0 aliphatic heterocycles. The normalized spacial score (nSPS) is 54.6. The predicted octanol–water partition coefficient (Wildman–Crippen LogP) is 9.20. The van der Waals surface area contributed by atoms with Gasteiger partial charge in [-0.1, -0.05) is 59.1 Å². The second kappa shape index (κ2) is 6.41. The van der Waals surface area contributed by atoms with Crippen LogP contribution in [-0.2, 0) is 0 Å². The van der Waals surface area contributed by atoms with Gasteiger partial charge >= 0.3 is 0 Å². The van der Waals surface area contributed by atoms with E-state index in [0.717, 1.165) is 23.7 Å². The van der Waals surface area contributed by atoms with Crippen molar-refractivity contribution in [3.8, 4) is 0 Å². The second-order valence-electron chi connectivity index (χ2n) is 14.6. The van der Waals surface area contributed by atoms with E-state index in [1.54, 1.807) is 5.57 Å². The van der Waals surface area contributed by atoms with Crippen LogP contribution in [-0.4, -0.2) is 0 Å². The van der Waals surface area contributed by atoms with Crippen LogP contribution >= 0.6 is 0 Å². The summed E-state index contributed by atoms with van der Waals surface area (Å²) in [5.41, 5.74) is 6.31. The summed E-state index contributed by atoms with van der Waals surface area (Å²) in [4.78, 5) is 0. The molecular formula is C30H50. The maximum Gasteiger partial charge on any atom is -0.0144 e. The molecule has 0 spiro atoms. The van der Waals surface area contributed by atoms with Crippen LogP contribution in [0.15, 0.2) is 11.1 Å². The number of hydrogen-bond acceptors (Lipinski definition) is 0. The van der Waals surface area contributed by atoms with Gasteiger partial charge in [0.05, 0.1) is 0 Å². The Bertz CT molecular complexity index is 752. The van der Waals surface area contributed by atoms with Crippen molar-refractivity contribution in [3.63, 3.8) is 0 Å². The van der Waals surface area contributed by atoms with Crippen LogP contribution in [0.25, 0.3) is 0 Å². The summed E-state index contributed by atoms with van der Waals surface area (Å²) in [5, 5.41) is 0. The third-order valence-electron chi connectivity index (χ3n) is 13.2. The first-order valence-electron chi connectivity index (χ1n) is 13.6. The molecule has 0 bridgehead atoms. The van der Waals surface area contributed by atoms with Crippen LogP contribution in [0.2, 0.25) is 0 Å². The quantitative estimate of drug-likeness (QED) is 0.349. The van der Waals surface area contributed by atoms with Crippen LogP contribution in [0, 0.1) is 50.7 Å². The highest BCUT2D eigenvalue weighted by atomic mass is 14.7. The van der Waals surface area contributed by atoms with E-state index in [9.17, 15) is 0 Å². The zero-order chi connectivity index (χ0) is 21.7. The van der Waals surface area contributed by atoms with Gasteiger partial charge in [0.1, 0.15) is 0 Å². The fourth-order valence-electron chi connectivity index (χ4n) is 11.7. The number of hydrogen-bond donors (Lipinski definition) is 0. The molecule has 0 aromatic carbocycles. The van der Waals surface area contributed by atoms with Gasteiger partial charge in [-0.05, 0) is 129 Å². The van der Waals surface area contributed by atoms with Crippen molar-refractivity contribution >= 4 is 0 Å². The van der Waals surface area contributed by atoms with E-state index < -0.39 is 0 Å². The summed E-state index contributed by atoms with van der Waals surface area (Å²) in [6, 6.07) is 0. The molecule has 0 aromatic heterocycles. The van der Waals surface area contributed by atoms with Crippen molar-refractivity contribution in [1.82, 2.24) is 0 Å². The highest BCUT2D eigenvalue weighted by Crippen LogP contribution is 2.77. The summed E-state index contributed by atoms with van der Waals surface area (Å²) in [6.07, 6.45) is 16.3.